The summed E-state index contributed by atoms with van der Waals surface area (Å²) in [4.78, 5) is 92.9. The highest BCUT2D eigenvalue weighted by molar-refractivity contribution is 5.96. The van der Waals surface area contributed by atoms with Gasteiger partial charge in [0.05, 0.1) is 6.04 Å². The fourth-order valence-corrected chi connectivity index (χ4v) is 7.30. The van der Waals surface area contributed by atoms with Crippen LogP contribution >= 0.6 is 0 Å². The fourth-order valence-electron chi connectivity index (χ4n) is 7.30. The number of nitrogens with zero attached hydrogens (tertiary/aromatic N) is 1. The van der Waals surface area contributed by atoms with E-state index in [1.807, 2.05) is 19.1 Å². The van der Waals surface area contributed by atoms with Crippen molar-refractivity contribution >= 4 is 41.5 Å². The lowest BCUT2D eigenvalue weighted by Gasteiger charge is -2.29. The third-order valence-corrected chi connectivity index (χ3v) is 10.8. The lowest BCUT2D eigenvalue weighted by atomic mass is 9.93. The lowest BCUT2D eigenvalue weighted by molar-refractivity contribution is -0.143. The Morgan fingerprint density at radius 2 is 1.43 bits per heavy atom. The average Bonchev–Trinajstić information content (AvgIpc) is 3.72. The Hall–Kier alpha value is -5.27. The summed E-state index contributed by atoms with van der Waals surface area (Å²) in [5.74, 6) is -3.99. The second-order valence-electron chi connectivity index (χ2n) is 16.9. The molecule has 1 aliphatic heterocycles. The molecule has 1 aliphatic rings. The summed E-state index contributed by atoms with van der Waals surface area (Å²) in [5.41, 5.74) is 3.06. The van der Waals surface area contributed by atoms with Crippen molar-refractivity contribution in [3.8, 4) is 11.1 Å². The Kier molecular flexibility index (Phi) is 20.9. The first-order valence-electron chi connectivity index (χ1n) is 22.2. The van der Waals surface area contributed by atoms with Gasteiger partial charge < -0.3 is 36.0 Å². The van der Waals surface area contributed by atoms with Gasteiger partial charge in [-0.2, -0.15) is 0 Å². The van der Waals surface area contributed by atoms with Gasteiger partial charge in [0, 0.05) is 44.0 Å². The van der Waals surface area contributed by atoms with Crippen LogP contribution in [0.25, 0.3) is 11.1 Å². The summed E-state index contributed by atoms with van der Waals surface area (Å²) in [5, 5.41) is 20.5. The molecule has 1 saturated heterocycles. The number of carboxylic acids is 1. The van der Waals surface area contributed by atoms with Crippen LogP contribution in [0.1, 0.15) is 141 Å². The van der Waals surface area contributed by atoms with Crippen LogP contribution in [0.5, 0.6) is 0 Å². The number of aryl methyl sites for hydroxylation is 1. The number of unbranched alkanes of at least 4 members (excludes halogenated alkanes) is 3. The Labute approximate surface area is 361 Å². The van der Waals surface area contributed by atoms with Gasteiger partial charge in [0.2, 0.25) is 17.7 Å². The summed E-state index contributed by atoms with van der Waals surface area (Å²) in [7, 11) is 0. The van der Waals surface area contributed by atoms with Gasteiger partial charge >= 0.3 is 12.1 Å². The van der Waals surface area contributed by atoms with E-state index in [4.69, 9.17) is 4.74 Å². The number of benzene rings is 2. The van der Waals surface area contributed by atoms with Gasteiger partial charge in [0.1, 0.15) is 17.7 Å². The molecule has 5 amide bonds. The van der Waals surface area contributed by atoms with Crippen molar-refractivity contribution in [2.75, 3.05) is 19.6 Å². The predicted octanol–water partition coefficient (Wildman–Crippen LogP) is 6.73. The Morgan fingerprint density at radius 1 is 0.787 bits per heavy atom. The second-order valence-corrected chi connectivity index (χ2v) is 16.9. The number of carbonyl (C=O) groups is 7. The SMILES string of the molecule is CCCCC[C@H](NC(=O)[C@H](CC)CC(=O)[C@@H]1CCCN1C(=O)[C@H](CCCNC(=O)OC(C)(C)C)NC(=O)CCNC(=O)c1ccc(-c2ccc(CCCC)cc2)cc1)C(=O)O. The molecule has 3 rings (SSSR count). The van der Waals surface area contributed by atoms with Crippen molar-refractivity contribution in [3.05, 3.63) is 59.7 Å². The largest absolute Gasteiger partial charge is 0.480 e. The number of alkyl carbamates (subject to hydrolysis) is 1. The summed E-state index contributed by atoms with van der Waals surface area (Å²) < 4.78 is 5.30. The van der Waals surface area contributed by atoms with Gasteiger partial charge in [-0.3, -0.25) is 24.0 Å². The van der Waals surface area contributed by atoms with Gasteiger partial charge in [0.25, 0.3) is 5.91 Å². The molecule has 336 valence electrons. The van der Waals surface area contributed by atoms with E-state index in [0.717, 1.165) is 43.2 Å². The minimum absolute atomic E-state index is 0.0133. The first-order chi connectivity index (χ1) is 29.1. The number of rotatable bonds is 25. The van der Waals surface area contributed by atoms with Gasteiger partial charge in [-0.1, -0.05) is 82.9 Å². The summed E-state index contributed by atoms with van der Waals surface area (Å²) in [6.45, 7) is 11.6. The van der Waals surface area contributed by atoms with Crippen molar-refractivity contribution < 1.29 is 43.4 Å². The molecule has 0 radical (unpaired) electrons. The molecular weight excluding hydrogens is 779 g/mol. The van der Waals surface area contributed by atoms with Crippen LogP contribution in [-0.4, -0.2) is 94.8 Å². The zero-order valence-electron chi connectivity index (χ0n) is 37.1. The van der Waals surface area contributed by atoms with Crippen LogP contribution < -0.4 is 21.3 Å². The highest BCUT2D eigenvalue weighted by atomic mass is 16.6. The topological polar surface area (TPSA) is 200 Å². The first kappa shape index (κ1) is 50.1. The van der Waals surface area contributed by atoms with Crippen molar-refractivity contribution in [2.24, 2.45) is 5.92 Å². The van der Waals surface area contributed by atoms with E-state index in [1.165, 1.54) is 10.5 Å². The van der Waals surface area contributed by atoms with Gasteiger partial charge in [-0.25, -0.2) is 9.59 Å². The number of hydrogen-bond donors (Lipinski definition) is 5. The molecule has 0 aliphatic carbocycles. The van der Waals surface area contributed by atoms with E-state index in [9.17, 15) is 38.7 Å². The number of ketones is 1. The van der Waals surface area contributed by atoms with Crippen LogP contribution in [0, 0.1) is 5.92 Å². The van der Waals surface area contributed by atoms with E-state index >= 15 is 0 Å². The lowest BCUT2D eigenvalue weighted by Crippen LogP contribution is -2.52. The number of amides is 5. The van der Waals surface area contributed by atoms with Gasteiger partial charge in [-0.15, -0.1) is 0 Å². The standard InChI is InChI=1S/C47H69N5O9/c1-7-10-12-16-38(45(58)59)51-43(56)33(9-3)31-40(53)39-18-14-30-52(39)44(57)37(17-13-28-49-46(60)61-47(4,5)6)50-41(54)27-29-48-42(55)36-25-23-35(24-26-36)34-21-19-32(20-22-34)15-11-8-2/h19-26,33,37-39H,7-18,27-31H2,1-6H3,(H,48,55)(H,49,60)(H,50,54)(H,51,56)(H,58,59)/t33-,37+,38+,39+/m1/s1. The molecule has 4 atom stereocenters. The van der Waals surface area contributed by atoms with Gasteiger partial charge in [-0.05, 0) is 101 Å². The number of likely N-dealkylation sites (tertiary alicyclic amines) is 1. The van der Waals surface area contributed by atoms with Crippen LogP contribution in [0.4, 0.5) is 4.79 Å². The normalized spacial score (nSPS) is 15.2. The Bertz CT molecular complexity index is 1760. The van der Waals surface area contributed by atoms with Crippen molar-refractivity contribution in [3.63, 3.8) is 0 Å². The van der Waals surface area contributed by atoms with Crippen LogP contribution in [0.3, 0.4) is 0 Å². The summed E-state index contributed by atoms with van der Waals surface area (Å²) in [6.07, 6.45) is 6.80. The van der Waals surface area contributed by atoms with Crippen molar-refractivity contribution in [1.82, 2.24) is 26.2 Å². The van der Waals surface area contributed by atoms with E-state index in [1.54, 1.807) is 39.8 Å². The molecular formula is C47H69N5O9. The molecule has 0 aromatic heterocycles. The average molecular weight is 848 g/mol. The van der Waals surface area contributed by atoms with Crippen molar-refractivity contribution in [2.45, 2.75) is 155 Å². The molecule has 0 bridgehead atoms. The van der Waals surface area contributed by atoms with E-state index in [-0.39, 0.29) is 50.6 Å². The van der Waals surface area contributed by atoms with Crippen LogP contribution in [0.2, 0.25) is 0 Å². The molecule has 1 heterocycles. The first-order valence-corrected chi connectivity index (χ1v) is 22.2. The highest BCUT2D eigenvalue weighted by Crippen LogP contribution is 2.25. The number of hydrogen-bond acceptors (Lipinski definition) is 8. The molecule has 5 N–H and O–H groups in total. The van der Waals surface area contributed by atoms with Crippen LogP contribution in [0.15, 0.2) is 48.5 Å². The zero-order chi connectivity index (χ0) is 45.0. The Balaban J connectivity index is 1.63. The van der Waals surface area contributed by atoms with E-state index in [2.05, 4.69) is 52.5 Å². The number of carboxylic acid groups (broad SMARTS) is 1. The third kappa shape index (κ3) is 17.3. The predicted molar refractivity (Wildman–Crippen MR) is 235 cm³/mol. The second kappa shape index (κ2) is 25.5. The molecule has 2 aromatic carbocycles. The minimum atomic E-state index is -1.13. The van der Waals surface area contributed by atoms with Crippen molar-refractivity contribution in [1.29, 1.82) is 0 Å². The number of Topliss-reactive ketones (excluding diaryl/α,β-unsaturated/α-hetero) is 1. The smallest absolute Gasteiger partial charge is 0.407 e. The number of nitrogens with one attached hydrogen (secondary N) is 4. The van der Waals surface area contributed by atoms with E-state index < -0.39 is 59.4 Å². The molecule has 2 aromatic rings. The summed E-state index contributed by atoms with van der Waals surface area (Å²) in [6, 6.07) is 12.7. The monoisotopic (exact) mass is 848 g/mol. The van der Waals surface area contributed by atoms with E-state index in [0.29, 0.717) is 44.1 Å². The Morgan fingerprint density at radius 3 is 2.03 bits per heavy atom. The highest BCUT2D eigenvalue weighted by Gasteiger charge is 2.39. The van der Waals surface area contributed by atoms with Crippen LogP contribution in [-0.2, 0) is 35.1 Å². The molecule has 14 heteroatoms. The summed E-state index contributed by atoms with van der Waals surface area (Å²) >= 11 is 0. The molecule has 0 unspecified atom stereocenters. The molecule has 0 spiro atoms. The minimum Gasteiger partial charge on any atom is -0.480 e. The van der Waals surface area contributed by atoms with Gasteiger partial charge in [0.15, 0.2) is 5.78 Å². The maximum absolute atomic E-state index is 14.1. The quantitative estimate of drug-likeness (QED) is 0.0672. The number of carbonyl (C=O) groups excluding carboxylic acids is 6. The third-order valence-electron chi connectivity index (χ3n) is 10.8. The molecule has 0 saturated carbocycles. The molecule has 1 fully saturated rings. The zero-order valence-corrected chi connectivity index (χ0v) is 37.1. The fraction of sp³-hybridized carbons (Fsp3) is 0.596. The number of aliphatic carboxylic acids is 1. The maximum Gasteiger partial charge on any atom is 0.407 e. The molecule has 61 heavy (non-hydrogen) atoms. The number of ether oxygens (including phenoxy) is 1. The maximum atomic E-state index is 14.1. The molecule has 14 nitrogen and oxygen atoms in total.